The molecule has 0 saturated carbocycles. The molecule has 5 heteroatoms. The molecule has 0 aliphatic carbocycles. The molecule has 2 rings (SSSR count). The van der Waals surface area contributed by atoms with Crippen molar-refractivity contribution < 1.29 is 4.79 Å². The molecule has 0 spiro atoms. The molecule has 0 unspecified atom stereocenters. The zero-order valence-electron chi connectivity index (χ0n) is 11.4. The van der Waals surface area contributed by atoms with E-state index < -0.39 is 0 Å². The summed E-state index contributed by atoms with van der Waals surface area (Å²) in [5.74, 6) is 0.256. The van der Waals surface area contributed by atoms with Crippen LogP contribution in [0.15, 0.2) is 6.20 Å². The second-order valence-corrected chi connectivity index (χ2v) is 5.07. The molecule has 1 aliphatic heterocycles. The van der Waals surface area contributed by atoms with Gasteiger partial charge in [0.2, 0.25) is 5.91 Å². The molecule has 1 saturated heterocycles. The molecule has 1 aromatic heterocycles. The van der Waals surface area contributed by atoms with E-state index in [1.165, 1.54) is 5.56 Å². The van der Waals surface area contributed by atoms with E-state index in [0.29, 0.717) is 12.5 Å². The molecule has 0 aromatic carbocycles. The van der Waals surface area contributed by atoms with Crippen LogP contribution in [0.3, 0.4) is 0 Å². The van der Waals surface area contributed by atoms with E-state index in [1.807, 2.05) is 29.7 Å². The standard InChI is InChI=1S/C13H22N4O/c1-10-9-17(7-6-14-10)13(18)5-4-12-8-15-16(3)11(12)2/h8,10,14H,4-7,9H2,1-3H3/t10-/m1/s1. The molecular formula is C13H22N4O. The number of nitrogens with one attached hydrogen (secondary N) is 1. The largest absolute Gasteiger partial charge is 0.340 e. The molecule has 2 heterocycles. The van der Waals surface area contributed by atoms with Gasteiger partial charge in [0.15, 0.2) is 0 Å². The molecule has 1 N–H and O–H groups in total. The van der Waals surface area contributed by atoms with Gasteiger partial charge in [-0.25, -0.2) is 0 Å². The van der Waals surface area contributed by atoms with Gasteiger partial charge in [-0.15, -0.1) is 0 Å². The third-order valence-electron chi connectivity index (χ3n) is 3.67. The van der Waals surface area contributed by atoms with Crippen LogP contribution >= 0.6 is 0 Å². The number of nitrogens with zero attached hydrogens (tertiary/aromatic N) is 3. The lowest BCUT2D eigenvalue weighted by molar-refractivity contribution is -0.132. The second kappa shape index (κ2) is 5.52. The average molecular weight is 250 g/mol. The Bertz CT molecular complexity index is 427. The molecule has 1 aromatic rings. The zero-order valence-corrected chi connectivity index (χ0v) is 11.4. The first-order valence-electron chi connectivity index (χ1n) is 6.56. The van der Waals surface area contributed by atoms with Crippen LogP contribution in [0.4, 0.5) is 0 Å². The number of piperazine rings is 1. The predicted octanol–water partition coefficient (Wildman–Crippen LogP) is 0.481. The van der Waals surface area contributed by atoms with Gasteiger partial charge in [0.25, 0.3) is 0 Å². The number of aryl methyl sites for hydroxylation is 2. The van der Waals surface area contributed by atoms with Crippen molar-refractivity contribution in [3.05, 3.63) is 17.5 Å². The van der Waals surface area contributed by atoms with Gasteiger partial charge in [0.1, 0.15) is 0 Å². The highest BCUT2D eigenvalue weighted by Crippen LogP contribution is 2.10. The molecule has 18 heavy (non-hydrogen) atoms. The van der Waals surface area contributed by atoms with Crippen molar-refractivity contribution in [1.29, 1.82) is 0 Å². The lowest BCUT2D eigenvalue weighted by Crippen LogP contribution is -2.51. The molecule has 1 amide bonds. The monoisotopic (exact) mass is 250 g/mol. The average Bonchev–Trinajstić information content (AvgIpc) is 2.67. The first kappa shape index (κ1) is 13.1. The summed E-state index contributed by atoms with van der Waals surface area (Å²) in [6.07, 6.45) is 3.24. The zero-order chi connectivity index (χ0) is 13.1. The van der Waals surface area contributed by atoms with Crippen LogP contribution in [0.25, 0.3) is 0 Å². The van der Waals surface area contributed by atoms with Gasteiger partial charge in [-0.1, -0.05) is 0 Å². The smallest absolute Gasteiger partial charge is 0.223 e. The van der Waals surface area contributed by atoms with Crippen LogP contribution in [0.1, 0.15) is 24.6 Å². The normalized spacial score (nSPS) is 20.2. The van der Waals surface area contributed by atoms with Crippen LogP contribution in [0, 0.1) is 6.92 Å². The molecule has 0 bridgehead atoms. The number of carbonyl (C=O) groups is 1. The summed E-state index contributed by atoms with van der Waals surface area (Å²) in [5, 5.41) is 7.55. The van der Waals surface area contributed by atoms with Gasteiger partial charge in [-0.05, 0) is 25.8 Å². The van der Waals surface area contributed by atoms with Crippen molar-refractivity contribution in [2.45, 2.75) is 32.7 Å². The van der Waals surface area contributed by atoms with E-state index in [4.69, 9.17) is 0 Å². The Labute approximate surface area is 108 Å². The quantitative estimate of drug-likeness (QED) is 0.849. The number of amides is 1. The predicted molar refractivity (Wildman–Crippen MR) is 70.3 cm³/mol. The fraction of sp³-hybridized carbons (Fsp3) is 0.692. The first-order valence-corrected chi connectivity index (χ1v) is 6.56. The van der Waals surface area contributed by atoms with Crippen molar-refractivity contribution in [1.82, 2.24) is 20.0 Å². The highest BCUT2D eigenvalue weighted by molar-refractivity contribution is 5.76. The van der Waals surface area contributed by atoms with E-state index >= 15 is 0 Å². The summed E-state index contributed by atoms with van der Waals surface area (Å²) in [6.45, 7) is 6.71. The van der Waals surface area contributed by atoms with Crippen LogP contribution < -0.4 is 5.32 Å². The fourth-order valence-electron chi connectivity index (χ4n) is 2.35. The molecule has 100 valence electrons. The van der Waals surface area contributed by atoms with E-state index in [-0.39, 0.29) is 5.91 Å². The highest BCUT2D eigenvalue weighted by atomic mass is 16.2. The van der Waals surface area contributed by atoms with Crippen LogP contribution in [0.2, 0.25) is 0 Å². The van der Waals surface area contributed by atoms with Crippen molar-refractivity contribution in [2.75, 3.05) is 19.6 Å². The second-order valence-electron chi connectivity index (χ2n) is 5.07. The van der Waals surface area contributed by atoms with Gasteiger partial charge < -0.3 is 10.2 Å². The summed E-state index contributed by atoms with van der Waals surface area (Å²) in [6, 6.07) is 0.405. The van der Waals surface area contributed by atoms with Gasteiger partial charge in [0, 0.05) is 44.8 Å². The van der Waals surface area contributed by atoms with E-state index in [1.54, 1.807) is 0 Å². The van der Waals surface area contributed by atoms with Gasteiger partial charge in [-0.2, -0.15) is 5.10 Å². The summed E-state index contributed by atoms with van der Waals surface area (Å²) in [5.41, 5.74) is 2.32. The lowest BCUT2D eigenvalue weighted by atomic mass is 10.1. The van der Waals surface area contributed by atoms with Gasteiger partial charge in [-0.3, -0.25) is 9.48 Å². The van der Waals surface area contributed by atoms with E-state index in [9.17, 15) is 4.79 Å². The summed E-state index contributed by atoms with van der Waals surface area (Å²) >= 11 is 0. The van der Waals surface area contributed by atoms with Crippen molar-refractivity contribution in [2.24, 2.45) is 7.05 Å². The summed E-state index contributed by atoms with van der Waals surface area (Å²) in [7, 11) is 1.93. The summed E-state index contributed by atoms with van der Waals surface area (Å²) < 4.78 is 1.85. The number of hydrogen-bond acceptors (Lipinski definition) is 3. The lowest BCUT2D eigenvalue weighted by Gasteiger charge is -2.32. The molecule has 1 fully saturated rings. The fourth-order valence-corrected chi connectivity index (χ4v) is 2.35. The van der Waals surface area contributed by atoms with Crippen LogP contribution in [0.5, 0.6) is 0 Å². The first-order chi connectivity index (χ1) is 8.58. The number of rotatable bonds is 3. The third kappa shape index (κ3) is 2.90. The maximum absolute atomic E-state index is 12.1. The molecule has 1 atom stereocenters. The third-order valence-corrected chi connectivity index (χ3v) is 3.67. The summed E-state index contributed by atoms with van der Waals surface area (Å²) in [4.78, 5) is 14.1. The van der Waals surface area contributed by atoms with E-state index in [0.717, 1.165) is 31.7 Å². The molecule has 5 nitrogen and oxygen atoms in total. The Morgan fingerprint density at radius 3 is 3.00 bits per heavy atom. The molecule has 0 radical (unpaired) electrons. The SMILES string of the molecule is Cc1c(CCC(=O)N2CCN[C@H](C)C2)cnn1C. The Hall–Kier alpha value is -1.36. The minimum atomic E-state index is 0.256. The van der Waals surface area contributed by atoms with Crippen molar-refractivity contribution >= 4 is 5.91 Å². The van der Waals surface area contributed by atoms with Gasteiger partial charge in [0.05, 0.1) is 6.20 Å². The van der Waals surface area contributed by atoms with Crippen molar-refractivity contribution in [3.8, 4) is 0 Å². The maximum Gasteiger partial charge on any atom is 0.223 e. The van der Waals surface area contributed by atoms with Crippen molar-refractivity contribution in [3.63, 3.8) is 0 Å². The highest BCUT2D eigenvalue weighted by Gasteiger charge is 2.20. The minimum Gasteiger partial charge on any atom is -0.340 e. The van der Waals surface area contributed by atoms with E-state index in [2.05, 4.69) is 17.3 Å². The molecule has 1 aliphatic rings. The Morgan fingerprint density at radius 2 is 2.39 bits per heavy atom. The van der Waals surface area contributed by atoms with Gasteiger partial charge >= 0.3 is 0 Å². The Morgan fingerprint density at radius 1 is 1.61 bits per heavy atom. The minimum absolute atomic E-state index is 0.256. The number of carbonyl (C=O) groups excluding carboxylic acids is 1. The Kier molecular flexibility index (Phi) is 4.01. The Balaban J connectivity index is 1.86. The topological polar surface area (TPSA) is 50.2 Å². The number of hydrogen-bond donors (Lipinski definition) is 1. The molecular weight excluding hydrogens is 228 g/mol. The maximum atomic E-state index is 12.1. The van der Waals surface area contributed by atoms with Crippen LogP contribution in [-0.2, 0) is 18.3 Å². The number of aromatic nitrogens is 2. The van der Waals surface area contributed by atoms with Crippen LogP contribution in [-0.4, -0.2) is 46.3 Å².